The second kappa shape index (κ2) is 49.9. The second-order valence-electron chi connectivity index (χ2n) is 35.3. The monoisotopic (exact) mass is 2000 g/mol. The molecule has 17 aromatic rings. The number of esters is 4. The number of nitro groups is 1. The fourth-order valence-corrected chi connectivity index (χ4v) is 17.0. The Bertz CT molecular complexity index is 7260. The zero-order chi connectivity index (χ0) is 102. The molecular weight excluding hydrogens is 1900 g/mol. The molecule has 0 unspecified atom stereocenters. The van der Waals surface area contributed by atoms with Gasteiger partial charge in [-0.25, -0.2) is 19.2 Å². The van der Waals surface area contributed by atoms with Crippen LogP contribution in [0.15, 0.2) is 425 Å². The van der Waals surface area contributed by atoms with E-state index in [2.05, 4.69) is 0 Å². The van der Waals surface area contributed by atoms with Crippen molar-refractivity contribution in [2.75, 3.05) is 6.61 Å². The topological polar surface area (TPSA) is 278 Å². The molecule has 0 N–H and O–H groups in total. The minimum absolute atomic E-state index is 0.00349. The summed E-state index contributed by atoms with van der Waals surface area (Å²) in [6.45, 7) is -3.08. The number of benzene rings is 17. The maximum Gasteiger partial charge on any atom is 0.339 e. The molecule has 0 bridgehead atoms. The van der Waals surface area contributed by atoms with E-state index in [1.165, 1.54) is 54.6 Å². The number of rotatable bonds is 44. The predicted molar refractivity (Wildman–Crippen MR) is 558 cm³/mol. The third kappa shape index (κ3) is 26.1. The number of nitro benzene ring substituents is 1. The molecule has 0 spiro atoms. The molecule has 25 heteroatoms. The Kier molecular flexibility index (Phi) is 33.3. The van der Waals surface area contributed by atoms with E-state index in [1.54, 1.807) is 6.07 Å². The molecule has 19 rings (SSSR count). The molecule has 5 atom stereocenters. The van der Waals surface area contributed by atoms with Gasteiger partial charge in [-0.1, -0.05) is 376 Å². The molecule has 1 saturated heterocycles. The van der Waals surface area contributed by atoms with E-state index in [9.17, 15) is 10.1 Å². The maximum atomic E-state index is 18.0. The first kappa shape index (κ1) is 100. The van der Waals surface area contributed by atoms with Gasteiger partial charge in [0.25, 0.3) is 5.69 Å². The summed E-state index contributed by atoms with van der Waals surface area (Å²) in [5.74, 6) is -5.50. The summed E-state index contributed by atoms with van der Waals surface area (Å²) in [7, 11) is 0. The summed E-state index contributed by atoms with van der Waals surface area (Å²) < 4.78 is 127. The average Bonchev–Trinajstić information content (AvgIpc) is 0.919. The number of carbonyl (C=O) groups is 4. The van der Waals surface area contributed by atoms with Crippen molar-refractivity contribution >= 4 is 29.6 Å². The van der Waals surface area contributed by atoms with E-state index in [-0.39, 0.29) is 182 Å². The quantitative estimate of drug-likeness (QED) is 0.0148. The van der Waals surface area contributed by atoms with Gasteiger partial charge in [0.15, 0.2) is 70.6 Å². The number of para-hydroxylation sites is 1. The predicted octanol–water partition coefficient (Wildman–Crippen LogP) is 25.3. The number of carbonyl (C=O) groups excluding carboxylic acids is 4. The summed E-state index contributed by atoms with van der Waals surface area (Å²) in [5, 5.41) is 13.3. The lowest BCUT2D eigenvalue weighted by Gasteiger charge is -2.44. The van der Waals surface area contributed by atoms with E-state index < -0.39 is 84.0 Å². The van der Waals surface area contributed by atoms with Crippen LogP contribution in [-0.4, -0.2) is 66.1 Å². The molecular formula is C125H103NO24. The number of cyclic esters (lactones) is 1. The van der Waals surface area contributed by atoms with Crippen molar-refractivity contribution in [3.63, 3.8) is 0 Å². The molecule has 2 aliphatic rings. The Labute approximate surface area is 866 Å². The van der Waals surface area contributed by atoms with Crippen LogP contribution < -0.4 is 56.8 Å². The third-order valence-electron chi connectivity index (χ3n) is 24.7. The van der Waals surface area contributed by atoms with E-state index in [0.717, 1.165) is 33.4 Å². The van der Waals surface area contributed by atoms with E-state index in [4.69, 9.17) is 85.3 Å². The van der Waals surface area contributed by atoms with Gasteiger partial charge in [-0.2, -0.15) is 0 Å². The molecule has 0 saturated carbocycles. The molecule has 150 heavy (non-hydrogen) atoms. The van der Waals surface area contributed by atoms with Gasteiger partial charge in [-0.3, -0.25) is 10.1 Å². The highest BCUT2D eigenvalue weighted by Gasteiger charge is 2.55. The van der Waals surface area contributed by atoms with Crippen LogP contribution >= 0.6 is 0 Å². The largest absolute Gasteiger partial charge is 0.485 e. The van der Waals surface area contributed by atoms with Crippen molar-refractivity contribution < 1.29 is 109 Å². The lowest BCUT2D eigenvalue weighted by molar-refractivity contribution is -0.386. The molecule has 0 aliphatic carbocycles. The molecule has 0 amide bonds. The van der Waals surface area contributed by atoms with E-state index >= 15 is 19.2 Å². The summed E-state index contributed by atoms with van der Waals surface area (Å²) in [4.78, 5) is 82.0. The fraction of sp³-hybridized carbons (Fsp3) is 0.152. The highest BCUT2D eigenvalue weighted by atomic mass is 16.7. The van der Waals surface area contributed by atoms with Gasteiger partial charge in [0.05, 0.1) is 39.3 Å². The number of nitrogens with zero attached hydrogens (tertiary/aromatic N) is 1. The first-order valence-corrected chi connectivity index (χ1v) is 48.9. The van der Waals surface area contributed by atoms with Crippen LogP contribution in [0.2, 0.25) is 0 Å². The van der Waals surface area contributed by atoms with Crippen LogP contribution in [-0.2, 0) is 114 Å². The average molecular weight is 2000 g/mol. The van der Waals surface area contributed by atoms with Gasteiger partial charge in [-0.05, 0) is 109 Å². The van der Waals surface area contributed by atoms with Gasteiger partial charge in [0, 0.05) is 17.2 Å². The van der Waals surface area contributed by atoms with E-state index in [0.29, 0.717) is 33.4 Å². The zero-order valence-electron chi connectivity index (χ0n) is 81.4. The van der Waals surface area contributed by atoms with Gasteiger partial charge in [0.2, 0.25) is 23.0 Å². The summed E-state index contributed by atoms with van der Waals surface area (Å²) in [6.07, 6.45) is -10.7. The van der Waals surface area contributed by atoms with Gasteiger partial charge in [-0.15, -0.1) is 0 Å². The summed E-state index contributed by atoms with van der Waals surface area (Å²) >= 11 is 0. The Morgan fingerprint density at radius 1 is 0.273 bits per heavy atom. The SMILES string of the molecule is O=C(O[C@@H]1[C@@H](OC(=O)c2cc(OCc3ccccc3)c(OCc3ccccc3)c(OCc3ccccc3)c2)[C@H](OCc2ccccc2[N+](=O)[O-])O[C@@H]2COC(=O)c3cc(OCc4ccccc4)c(OCc4ccccc4)c(OCc4ccccc4)c3-c3c(cc(OCc4ccccc4)c(OCc4ccccc4)c3OCc3ccccc3)C(=O)O[C@@H]12)c1cc(OCc2ccccc2)c(OCc2ccccc2)c(OCc2ccccc2)c1. The minimum Gasteiger partial charge on any atom is -0.485 e. The number of hydrogen-bond acceptors (Lipinski definition) is 24. The van der Waals surface area contributed by atoms with Crippen molar-refractivity contribution in [3.05, 3.63) is 529 Å². The van der Waals surface area contributed by atoms with Gasteiger partial charge in [0.1, 0.15) is 92.0 Å². The molecule has 25 nitrogen and oxygen atoms in total. The van der Waals surface area contributed by atoms with Gasteiger partial charge < -0.3 is 85.3 Å². The first-order chi connectivity index (χ1) is 73.8. The maximum absolute atomic E-state index is 18.0. The molecule has 752 valence electrons. The van der Waals surface area contributed by atoms with Crippen LogP contribution in [0.4, 0.5) is 5.69 Å². The second-order valence-corrected chi connectivity index (χ2v) is 35.3. The molecule has 17 aromatic carbocycles. The lowest BCUT2D eigenvalue weighted by atomic mass is 9.91. The molecule has 1 fully saturated rings. The molecule has 0 radical (unpaired) electrons. The van der Waals surface area contributed by atoms with Crippen LogP contribution in [0.5, 0.6) is 69.0 Å². The molecule has 2 aliphatic heterocycles. The van der Waals surface area contributed by atoms with Crippen LogP contribution in [0.3, 0.4) is 0 Å². The Balaban J connectivity index is 0.854. The lowest BCUT2D eigenvalue weighted by Crippen LogP contribution is -2.63. The van der Waals surface area contributed by atoms with E-state index in [1.807, 2.05) is 364 Å². The van der Waals surface area contributed by atoms with Crippen molar-refractivity contribution in [2.45, 2.75) is 117 Å². The van der Waals surface area contributed by atoms with Crippen LogP contribution in [0, 0.1) is 10.1 Å². The zero-order valence-corrected chi connectivity index (χ0v) is 81.4. The first-order valence-electron chi connectivity index (χ1n) is 48.9. The normalized spacial score (nSPS) is 14.5. The van der Waals surface area contributed by atoms with Crippen molar-refractivity contribution in [1.82, 2.24) is 0 Å². The van der Waals surface area contributed by atoms with Crippen molar-refractivity contribution in [2.24, 2.45) is 0 Å². The standard InChI is InChI=1S/C125H103NO24/c127-121(98-65-103(133-71-85-39-13-1-14-40-85)112(139-77-91-51-25-7-26-52-91)104(66-98)134-72-86-41-15-2-16-42-86)149-119-116-109(147-125(146-83-97-63-37-38-64-102(97)126(131)132)120(119)150-122(128)99-67-105(135-73-87-43-17-3-18-44-87)113(140-78-92-53-27-8-28-54-92)106(68-99)136-74-88-45-19-4-20-46-88)84-145-123(129)100-69-107(137-75-89-47-21-5-22-48-89)114(141-79-93-55-29-9-30-56-93)117(143-81-95-59-33-11-34-60-95)110(100)111-101(124(130)148-116)70-108(138-76-90-49-23-6-24-50-90)115(142-80-94-57-31-10-32-58-94)118(111)144-82-96-61-35-12-36-62-96/h1-70,109,116,119-120,125H,71-84H2/t109-,116-,119+,120-,125-/m1/s1. The third-order valence-corrected chi connectivity index (χ3v) is 24.7. The molecule has 0 aromatic heterocycles. The summed E-state index contributed by atoms with van der Waals surface area (Å²) in [6, 6.07) is 126. The Morgan fingerprint density at radius 3 is 0.800 bits per heavy atom. The van der Waals surface area contributed by atoms with Crippen molar-refractivity contribution in [3.8, 4) is 80.1 Å². The number of ether oxygens (including phenoxy) is 18. The van der Waals surface area contributed by atoms with Crippen LogP contribution in [0.1, 0.15) is 114 Å². The Morgan fingerprint density at radius 2 is 0.513 bits per heavy atom. The molecule has 2 heterocycles. The highest BCUT2D eigenvalue weighted by molar-refractivity contribution is 6.09. The Hall–Kier alpha value is -18.5. The fourth-order valence-electron chi connectivity index (χ4n) is 17.0. The van der Waals surface area contributed by atoms with Crippen molar-refractivity contribution in [1.29, 1.82) is 0 Å². The smallest absolute Gasteiger partial charge is 0.339 e. The minimum atomic E-state index is -2.27. The highest BCUT2D eigenvalue weighted by Crippen LogP contribution is 2.57. The number of hydrogen-bond donors (Lipinski definition) is 0. The van der Waals surface area contributed by atoms with Crippen LogP contribution in [0.25, 0.3) is 11.1 Å². The summed E-state index contributed by atoms with van der Waals surface area (Å²) in [5.41, 5.74) is 6.26. The van der Waals surface area contributed by atoms with Gasteiger partial charge >= 0.3 is 23.9 Å². The number of fused-ring (bicyclic) bond motifs is 4.